The molecule has 2 heteroatoms. The summed E-state index contributed by atoms with van der Waals surface area (Å²) in [5, 5.41) is 0. The van der Waals surface area contributed by atoms with Gasteiger partial charge in [0.25, 0.3) is 0 Å². The molecule has 2 aliphatic rings. The highest BCUT2D eigenvalue weighted by Crippen LogP contribution is 2.48. The molecule has 0 spiro atoms. The molecule has 2 nitrogen and oxygen atoms in total. The molecule has 114 valence electrons. The standard InChI is InChI=1S/C21H19NO/c1-23-21-9-5-2-6-14(21)12-19-17-8-4-3-7-16(17)18-11-10-15(22)13-20(18)19/h2,5-13H,3-4,22H2,1H3. The van der Waals surface area contributed by atoms with Gasteiger partial charge < -0.3 is 10.5 Å². The van der Waals surface area contributed by atoms with E-state index in [2.05, 4.69) is 36.4 Å². The maximum atomic E-state index is 6.04. The maximum absolute atomic E-state index is 6.04. The number of fused-ring (bicyclic) bond motifs is 3. The number of hydrogen-bond acceptors (Lipinski definition) is 2. The van der Waals surface area contributed by atoms with E-state index in [9.17, 15) is 0 Å². The molecule has 0 radical (unpaired) electrons. The largest absolute Gasteiger partial charge is 0.496 e. The summed E-state index contributed by atoms with van der Waals surface area (Å²) in [6.45, 7) is 0. The minimum atomic E-state index is 0.800. The van der Waals surface area contributed by atoms with Crippen molar-refractivity contribution in [2.24, 2.45) is 0 Å². The first-order valence-corrected chi connectivity index (χ1v) is 7.94. The van der Waals surface area contributed by atoms with Gasteiger partial charge in [-0.2, -0.15) is 0 Å². The Morgan fingerprint density at radius 1 is 0.957 bits per heavy atom. The van der Waals surface area contributed by atoms with Crippen LogP contribution in [0.1, 0.15) is 29.5 Å². The van der Waals surface area contributed by atoms with Gasteiger partial charge in [-0.3, -0.25) is 0 Å². The molecule has 2 aromatic carbocycles. The van der Waals surface area contributed by atoms with Gasteiger partial charge >= 0.3 is 0 Å². The smallest absolute Gasteiger partial charge is 0.126 e. The van der Waals surface area contributed by atoms with Crippen LogP contribution in [0.2, 0.25) is 0 Å². The quantitative estimate of drug-likeness (QED) is 0.798. The van der Waals surface area contributed by atoms with Gasteiger partial charge in [0.1, 0.15) is 5.75 Å². The molecule has 0 aromatic heterocycles. The third kappa shape index (κ3) is 2.27. The summed E-state index contributed by atoms with van der Waals surface area (Å²) in [7, 11) is 1.71. The lowest BCUT2D eigenvalue weighted by Crippen LogP contribution is -1.90. The van der Waals surface area contributed by atoms with Gasteiger partial charge in [-0.1, -0.05) is 36.4 Å². The van der Waals surface area contributed by atoms with E-state index >= 15 is 0 Å². The number of nitrogens with two attached hydrogens (primary N) is 1. The number of para-hydroxylation sites is 1. The first-order chi connectivity index (χ1) is 11.3. The van der Waals surface area contributed by atoms with Crippen molar-refractivity contribution in [1.82, 2.24) is 0 Å². The van der Waals surface area contributed by atoms with Crippen LogP contribution in [0.5, 0.6) is 5.75 Å². The van der Waals surface area contributed by atoms with Gasteiger partial charge in [0.05, 0.1) is 7.11 Å². The lowest BCUT2D eigenvalue weighted by atomic mass is 9.95. The van der Waals surface area contributed by atoms with Crippen molar-refractivity contribution in [2.75, 3.05) is 12.8 Å². The summed E-state index contributed by atoms with van der Waals surface area (Å²) in [6.07, 6.45) is 9.09. The molecule has 0 heterocycles. The van der Waals surface area contributed by atoms with E-state index in [-0.39, 0.29) is 0 Å². The Morgan fingerprint density at radius 2 is 1.74 bits per heavy atom. The van der Waals surface area contributed by atoms with Crippen molar-refractivity contribution in [3.63, 3.8) is 0 Å². The highest BCUT2D eigenvalue weighted by Gasteiger charge is 2.27. The molecule has 2 N–H and O–H groups in total. The van der Waals surface area contributed by atoms with Crippen LogP contribution in [-0.2, 0) is 0 Å². The lowest BCUT2D eigenvalue weighted by Gasteiger charge is -2.10. The number of hydrogen-bond donors (Lipinski definition) is 1. The number of methoxy groups -OCH3 is 1. The fourth-order valence-electron chi connectivity index (χ4n) is 3.45. The molecule has 0 aliphatic heterocycles. The zero-order chi connectivity index (χ0) is 15.8. The van der Waals surface area contributed by atoms with Crippen LogP contribution in [0.25, 0.3) is 17.2 Å². The molecule has 2 aromatic rings. The van der Waals surface area contributed by atoms with Crippen LogP contribution in [-0.4, -0.2) is 7.11 Å². The van der Waals surface area contributed by atoms with E-state index in [1.54, 1.807) is 7.11 Å². The highest BCUT2D eigenvalue weighted by molar-refractivity contribution is 6.13. The van der Waals surface area contributed by atoms with Gasteiger partial charge in [-0.25, -0.2) is 0 Å². The minimum Gasteiger partial charge on any atom is -0.496 e. The van der Waals surface area contributed by atoms with E-state index in [0.29, 0.717) is 0 Å². The molecule has 2 aliphatic carbocycles. The molecule has 0 saturated carbocycles. The molecule has 4 rings (SSSR count). The van der Waals surface area contributed by atoms with Crippen molar-refractivity contribution in [3.8, 4) is 5.75 Å². The fourth-order valence-corrected chi connectivity index (χ4v) is 3.45. The van der Waals surface area contributed by atoms with Crippen molar-refractivity contribution in [1.29, 1.82) is 0 Å². The van der Waals surface area contributed by atoms with Crippen molar-refractivity contribution >= 4 is 22.9 Å². The second kappa shape index (κ2) is 5.47. The van der Waals surface area contributed by atoms with Gasteiger partial charge in [0, 0.05) is 11.3 Å². The van der Waals surface area contributed by atoms with Crippen LogP contribution in [0.3, 0.4) is 0 Å². The van der Waals surface area contributed by atoms with Gasteiger partial charge in [-0.15, -0.1) is 0 Å². The minimum absolute atomic E-state index is 0.800. The fraction of sp³-hybridized carbons (Fsp3) is 0.143. The number of anilines is 1. The monoisotopic (exact) mass is 301 g/mol. The van der Waals surface area contributed by atoms with E-state index in [4.69, 9.17) is 10.5 Å². The van der Waals surface area contributed by atoms with Crippen LogP contribution in [0, 0.1) is 0 Å². The molecule has 23 heavy (non-hydrogen) atoms. The SMILES string of the molecule is COc1ccccc1C=C1C2=CCCC=C2c2ccc(N)cc21. The molecule has 0 fully saturated rings. The topological polar surface area (TPSA) is 35.2 Å². The predicted octanol–water partition coefficient (Wildman–Crippen LogP) is 4.94. The molecule has 0 unspecified atom stereocenters. The van der Waals surface area contributed by atoms with E-state index in [1.807, 2.05) is 24.3 Å². The third-order valence-electron chi connectivity index (χ3n) is 4.51. The van der Waals surface area contributed by atoms with Crippen LogP contribution in [0.15, 0.2) is 60.2 Å². The second-order valence-corrected chi connectivity index (χ2v) is 5.92. The van der Waals surface area contributed by atoms with Crippen LogP contribution in [0.4, 0.5) is 5.69 Å². The Hall–Kier alpha value is -2.74. The molecular weight excluding hydrogens is 282 g/mol. The summed E-state index contributed by atoms with van der Waals surface area (Å²) < 4.78 is 5.50. The van der Waals surface area contributed by atoms with Gasteiger partial charge in [0.2, 0.25) is 0 Å². The van der Waals surface area contributed by atoms with Crippen molar-refractivity contribution in [2.45, 2.75) is 12.8 Å². The zero-order valence-electron chi connectivity index (χ0n) is 13.2. The first kappa shape index (κ1) is 13.9. The summed E-state index contributed by atoms with van der Waals surface area (Å²) >= 11 is 0. The predicted molar refractivity (Wildman–Crippen MR) is 97.0 cm³/mol. The summed E-state index contributed by atoms with van der Waals surface area (Å²) in [5.74, 6) is 0.888. The van der Waals surface area contributed by atoms with Crippen molar-refractivity contribution < 1.29 is 4.74 Å². The van der Waals surface area contributed by atoms with Crippen molar-refractivity contribution in [3.05, 3.63) is 76.9 Å². The summed E-state index contributed by atoms with van der Waals surface area (Å²) in [6, 6.07) is 14.3. The molecule has 0 amide bonds. The van der Waals surface area contributed by atoms with Crippen LogP contribution >= 0.6 is 0 Å². The lowest BCUT2D eigenvalue weighted by molar-refractivity contribution is 0.414. The normalized spacial score (nSPS) is 17.3. The van der Waals surface area contributed by atoms with Crippen LogP contribution < -0.4 is 10.5 Å². The Morgan fingerprint density at radius 3 is 2.57 bits per heavy atom. The van der Waals surface area contributed by atoms with E-state index in [1.165, 1.54) is 27.8 Å². The number of ether oxygens (including phenoxy) is 1. The summed E-state index contributed by atoms with van der Waals surface area (Å²) in [5.41, 5.74) is 14.3. The average Bonchev–Trinajstić information content (AvgIpc) is 2.89. The Labute approximate surface area is 136 Å². The highest BCUT2D eigenvalue weighted by atomic mass is 16.5. The Bertz CT molecular complexity index is 871. The Balaban J connectivity index is 1.94. The zero-order valence-corrected chi connectivity index (χ0v) is 13.2. The Kier molecular flexibility index (Phi) is 3.30. The number of rotatable bonds is 2. The number of benzene rings is 2. The second-order valence-electron chi connectivity index (χ2n) is 5.92. The van der Waals surface area contributed by atoms with E-state index in [0.717, 1.165) is 29.8 Å². The maximum Gasteiger partial charge on any atom is 0.126 e. The third-order valence-corrected chi connectivity index (χ3v) is 4.51. The van der Waals surface area contributed by atoms with Gasteiger partial charge in [-0.05, 0) is 65.0 Å². The average molecular weight is 301 g/mol. The molecule has 0 atom stereocenters. The first-order valence-electron chi connectivity index (χ1n) is 7.94. The molecule has 0 saturated heterocycles. The number of nitrogen functional groups attached to an aromatic ring is 1. The van der Waals surface area contributed by atoms with Gasteiger partial charge in [0.15, 0.2) is 0 Å². The van der Waals surface area contributed by atoms with E-state index < -0.39 is 0 Å². The number of allylic oxidation sites excluding steroid dienone is 5. The molecular formula is C21H19NO. The molecule has 0 bridgehead atoms. The summed E-state index contributed by atoms with van der Waals surface area (Å²) in [4.78, 5) is 0.